The number of halogens is 2. The van der Waals surface area contributed by atoms with E-state index in [0.717, 1.165) is 29.5 Å². The molecule has 2 aliphatic rings. The molecule has 1 saturated heterocycles. The van der Waals surface area contributed by atoms with Crippen molar-refractivity contribution in [3.05, 3.63) is 72.1 Å². The van der Waals surface area contributed by atoms with E-state index < -0.39 is 23.6 Å². The summed E-state index contributed by atoms with van der Waals surface area (Å²) in [6.45, 7) is 2.21. The van der Waals surface area contributed by atoms with E-state index in [9.17, 15) is 18.4 Å². The normalized spacial score (nSPS) is 20.0. The summed E-state index contributed by atoms with van der Waals surface area (Å²) >= 11 is 0. The minimum absolute atomic E-state index is 0.0653. The summed E-state index contributed by atoms with van der Waals surface area (Å²) < 4.78 is 32.5. The molecular formula is C22H22F2N4O3. The highest BCUT2D eigenvalue weighted by Crippen LogP contribution is 2.31. The molecule has 1 fully saturated rings. The monoisotopic (exact) mass is 428 g/mol. The van der Waals surface area contributed by atoms with Crippen molar-refractivity contribution in [3.63, 3.8) is 0 Å². The van der Waals surface area contributed by atoms with Crippen LogP contribution in [-0.4, -0.2) is 40.9 Å². The highest BCUT2D eigenvalue weighted by atomic mass is 19.1. The molecule has 2 atom stereocenters. The number of carbonyl (C=O) groups excluding carboxylic acids is 2. The molecule has 2 heterocycles. The molecule has 4 rings (SSSR count). The van der Waals surface area contributed by atoms with Gasteiger partial charge < -0.3 is 20.0 Å². The van der Waals surface area contributed by atoms with Crippen LogP contribution in [0.5, 0.6) is 5.75 Å². The molecular weight excluding hydrogens is 406 g/mol. The van der Waals surface area contributed by atoms with Gasteiger partial charge in [-0.2, -0.15) is 0 Å². The average Bonchev–Trinajstić information content (AvgIpc) is 3.19. The molecule has 0 aliphatic carbocycles. The van der Waals surface area contributed by atoms with Crippen molar-refractivity contribution in [1.29, 1.82) is 0 Å². The second-order valence-electron chi connectivity index (χ2n) is 7.28. The molecule has 9 heteroatoms. The van der Waals surface area contributed by atoms with E-state index in [1.807, 2.05) is 31.2 Å². The van der Waals surface area contributed by atoms with Crippen molar-refractivity contribution in [2.75, 3.05) is 18.5 Å². The lowest BCUT2D eigenvalue weighted by Gasteiger charge is -2.31. The number of fused-ring (bicyclic) bond motifs is 1. The van der Waals surface area contributed by atoms with Gasteiger partial charge in [-0.15, -0.1) is 0 Å². The van der Waals surface area contributed by atoms with Gasteiger partial charge in [0.05, 0.1) is 18.3 Å². The number of amides is 2. The molecule has 0 spiro atoms. The first-order valence-electron chi connectivity index (χ1n) is 9.95. The fourth-order valence-corrected chi connectivity index (χ4v) is 3.69. The van der Waals surface area contributed by atoms with Crippen molar-refractivity contribution in [3.8, 4) is 5.75 Å². The average molecular weight is 428 g/mol. The summed E-state index contributed by atoms with van der Waals surface area (Å²) in [7, 11) is 0. The molecule has 2 aromatic rings. The molecule has 2 N–H and O–H groups in total. The maximum atomic E-state index is 13.7. The number of nitrogens with zero attached hydrogens (tertiary/aromatic N) is 2. The van der Waals surface area contributed by atoms with Gasteiger partial charge in [-0.05, 0) is 43.2 Å². The maximum Gasteiger partial charge on any atom is 0.251 e. The molecule has 2 unspecified atom stereocenters. The quantitative estimate of drug-likeness (QED) is 0.740. The Kier molecular flexibility index (Phi) is 5.85. The van der Waals surface area contributed by atoms with E-state index in [0.29, 0.717) is 13.0 Å². The third-order valence-corrected chi connectivity index (χ3v) is 5.18. The van der Waals surface area contributed by atoms with Gasteiger partial charge in [0.1, 0.15) is 30.0 Å². The standard InChI is InChI=1S/C22H22F2N4O3/c1-2-31-16-6-3-14(4-7-16)18-12-20-22(30)27(9-10-28(20)26-18)13-21(29)25-19-11-15(23)5-8-17(19)24/h3-11,18,20,26H,2,12-13H2,1H3,(H,25,29). The summed E-state index contributed by atoms with van der Waals surface area (Å²) in [5.41, 5.74) is 4.04. The highest BCUT2D eigenvalue weighted by molar-refractivity contribution is 5.96. The van der Waals surface area contributed by atoms with E-state index in [1.54, 1.807) is 11.2 Å². The molecule has 7 nitrogen and oxygen atoms in total. The second-order valence-corrected chi connectivity index (χ2v) is 7.28. The van der Waals surface area contributed by atoms with Crippen LogP contribution in [0.2, 0.25) is 0 Å². The fourth-order valence-electron chi connectivity index (χ4n) is 3.69. The first-order valence-corrected chi connectivity index (χ1v) is 9.95. The molecule has 0 radical (unpaired) electrons. The zero-order chi connectivity index (χ0) is 22.0. The highest BCUT2D eigenvalue weighted by Gasteiger charge is 2.40. The topological polar surface area (TPSA) is 73.9 Å². The Bertz CT molecular complexity index is 1010. The Morgan fingerprint density at radius 3 is 2.71 bits per heavy atom. The predicted octanol–water partition coefficient (Wildman–Crippen LogP) is 2.94. The van der Waals surface area contributed by atoms with Crippen LogP contribution in [0, 0.1) is 11.6 Å². The number of hydrogen-bond acceptors (Lipinski definition) is 5. The molecule has 0 aromatic heterocycles. The Hall–Kier alpha value is -3.46. The minimum Gasteiger partial charge on any atom is -0.494 e. The van der Waals surface area contributed by atoms with Crippen LogP contribution in [0.3, 0.4) is 0 Å². The van der Waals surface area contributed by atoms with Gasteiger partial charge in [0.2, 0.25) is 5.91 Å². The third kappa shape index (κ3) is 4.51. The van der Waals surface area contributed by atoms with Crippen LogP contribution in [0.4, 0.5) is 14.5 Å². The van der Waals surface area contributed by atoms with Gasteiger partial charge in [-0.25, -0.2) is 14.2 Å². The Morgan fingerprint density at radius 1 is 1.19 bits per heavy atom. The number of hydrazine groups is 1. The van der Waals surface area contributed by atoms with Crippen molar-refractivity contribution in [1.82, 2.24) is 15.3 Å². The smallest absolute Gasteiger partial charge is 0.251 e. The lowest BCUT2D eigenvalue weighted by atomic mass is 10.0. The lowest BCUT2D eigenvalue weighted by molar-refractivity contribution is -0.137. The zero-order valence-electron chi connectivity index (χ0n) is 16.8. The summed E-state index contributed by atoms with van der Waals surface area (Å²) in [5, 5.41) is 4.03. The van der Waals surface area contributed by atoms with Crippen molar-refractivity contribution >= 4 is 17.5 Å². The van der Waals surface area contributed by atoms with Gasteiger partial charge in [-0.1, -0.05) is 12.1 Å². The SMILES string of the molecule is CCOc1ccc(C2CC3C(=O)N(CC(=O)Nc4cc(F)ccc4F)C=CN3N2)cc1. The minimum atomic E-state index is -0.750. The number of rotatable bonds is 6. The van der Waals surface area contributed by atoms with E-state index in [-0.39, 0.29) is 24.2 Å². The summed E-state index contributed by atoms with van der Waals surface area (Å²) in [5.74, 6) is -1.51. The Morgan fingerprint density at radius 2 is 1.97 bits per heavy atom. The van der Waals surface area contributed by atoms with Crippen LogP contribution in [0.1, 0.15) is 24.9 Å². The largest absolute Gasteiger partial charge is 0.494 e. The summed E-state index contributed by atoms with van der Waals surface area (Å²) in [4.78, 5) is 26.4. The van der Waals surface area contributed by atoms with Crippen LogP contribution in [-0.2, 0) is 9.59 Å². The molecule has 162 valence electrons. The molecule has 2 aromatic carbocycles. The third-order valence-electron chi connectivity index (χ3n) is 5.18. The number of hydrogen-bond donors (Lipinski definition) is 2. The molecule has 0 saturated carbocycles. The van der Waals surface area contributed by atoms with E-state index in [4.69, 9.17) is 4.74 Å². The molecule has 2 amide bonds. The van der Waals surface area contributed by atoms with Crippen molar-refractivity contribution < 1.29 is 23.1 Å². The predicted molar refractivity (Wildman–Crippen MR) is 110 cm³/mol. The first kappa shape index (κ1) is 20.8. The van der Waals surface area contributed by atoms with Crippen LogP contribution in [0.25, 0.3) is 0 Å². The molecule has 0 bridgehead atoms. The number of benzene rings is 2. The van der Waals surface area contributed by atoms with Gasteiger partial charge in [0.15, 0.2) is 0 Å². The second kappa shape index (κ2) is 8.73. The van der Waals surface area contributed by atoms with E-state index in [2.05, 4.69) is 10.7 Å². The zero-order valence-corrected chi connectivity index (χ0v) is 16.8. The maximum absolute atomic E-state index is 13.7. The van der Waals surface area contributed by atoms with Gasteiger partial charge in [-0.3, -0.25) is 9.59 Å². The van der Waals surface area contributed by atoms with Gasteiger partial charge in [0, 0.05) is 18.5 Å². The number of nitrogens with one attached hydrogen (secondary N) is 2. The van der Waals surface area contributed by atoms with Gasteiger partial charge in [0.25, 0.3) is 5.91 Å². The van der Waals surface area contributed by atoms with Crippen LogP contribution >= 0.6 is 0 Å². The molecule has 31 heavy (non-hydrogen) atoms. The van der Waals surface area contributed by atoms with Gasteiger partial charge >= 0.3 is 0 Å². The number of ether oxygens (including phenoxy) is 1. The number of anilines is 1. The van der Waals surface area contributed by atoms with Crippen LogP contribution < -0.4 is 15.5 Å². The Balaban J connectivity index is 1.38. The van der Waals surface area contributed by atoms with Crippen molar-refractivity contribution in [2.45, 2.75) is 25.4 Å². The fraction of sp³-hybridized carbons (Fsp3) is 0.273. The van der Waals surface area contributed by atoms with Crippen LogP contribution in [0.15, 0.2) is 54.9 Å². The van der Waals surface area contributed by atoms with E-state index in [1.165, 1.54) is 11.1 Å². The molecule has 2 aliphatic heterocycles. The van der Waals surface area contributed by atoms with Crippen molar-refractivity contribution in [2.24, 2.45) is 0 Å². The Labute approximate surface area is 178 Å². The summed E-state index contributed by atoms with van der Waals surface area (Å²) in [6.07, 6.45) is 3.71. The van der Waals surface area contributed by atoms with E-state index >= 15 is 0 Å². The lowest BCUT2D eigenvalue weighted by Crippen LogP contribution is -2.49. The first-order chi connectivity index (χ1) is 14.9. The number of carbonyl (C=O) groups is 2. The summed E-state index contributed by atoms with van der Waals surface area (Å²) in [6, 6.07) is 9.93.